The van der Waals surface area contributed by atoms with E-state index in [1.807, 2.05) is 12.3 Å². The van der Waals surface area contributed by atoms with E-state index in [4.69, 9.17) is 5.73 Å². The molecule has 0 amide bonds. The molecule has 1 aromatic rings. The summed E-state index contributed by atoms with van der Waals surface area (Å²) >= 11 is 1.53. The van der Waals surface area contributed by atoms with Crippen LogP contribution in [-0.4, -0.2) is 16.3 Å². The van der Waals surface area contributed by atoms with Gasteiger partial charge in [0.1, 0.15) is 5.82 Å². The van der Waals surface area contributed by atoms with Crippen molar-refractivity contribution < 1.29 is 5.11 Å². The minimum absolute atomic E-state index is 0.514. The van der Waals surface area contributed by atoms with E-state index in [-0.39, 0.29) is 0 Å². The van der Waals surface area contributed by atoms with Crippen LogP contribution in [0.2, 0.25) is 0 Å². The molecule has 13 heavy (non-hydrogen) atoms. The van der Waals surface area contributed by atoms with Crippen molar-refractivity contribution in [1.29, 1.82) is 0 Å². The first-order chi connectivity index (χ1) is 5.95. The van der Waals surface area contributed by atoms with E-state index in [0.29, 0.717) is 5.82 Å². The molecule has 0 aliphatic rings. The van der Waals surface area contributed by atoms with Crippen molar-refractivity contribution in [2.24, 2.45) is 0 Å². The first-order valence-electron chi connectivity index (χ1n) is 3.97. The zero-order valence-corrected chi connectivity index (χ0v) is 8.85. The Balaban J connectivity index is 3.14. The molecular formula is C9H14N2OS. The number of thioether (sulfide) groups is 1. The normalized spacial score (nSPS) is 11.7. The molecule has 0 aliphatic heterocycles. The van der Waals surface area contributed by atoms with Gasteiger partial charge in [-0.2, -0.15) is 0 Å². The van der Waals surface area contributed by atoms with Gasteiger partial charge in [-0.1, -0.05) is 0 Å². The second kappa shape index (κ2) is 3.55. The van der Waals surface area contributed by atoms with Crippen LogP contribution < -0.4 is 5.73 Å². The molecule has 0 aromatic carbocycles. The molecule has 0 spiro atoms. The van der Waals surface area contributed by atoms with Crippen LogP contribution in [-0.2, 0) is 5.60 Å². The molecule has 3 N–H and O–H groups in total. The number of pyridine rings is 1. The van der Waals surface area contributed by atoms with Crippen molar-refractivity contribution in [2.45, 2.75) is 24.3 Å². The van der Waals surface area contributed by atoms with Gasteiger partial charge in [0.25, 0.3) is 0 Å². The second-order valence-electron chi connectivity index (χ2n) is 3.37. The third-order valence-electron chi connectivity index (χ3n) is 1.81. The summed E-state index contributed by atoms with van der Waals surface area (Å²) in [4.78, 5) is 4.92. The number of nitrogen functional groups attached to an aromatic ring is 1. The van der Waals surface area contributed by atoms with Gasteiger partial charge in [-0.15, -0.1) is 11.8 Å². The fourth-order valence-corrected chi connectivity index (χ4v) is 1.46. The van der Waals surface area contributed by atoms with Crippen LogP contribution in [0.25, 0.3) is 0 Å². The SMILES string of the molecule is CSc1cc(C(C)(C)O)cnc1N. The smallest absolute Gasteiger partial charge is 0.137 e. The van der Waals surface area contributed by atoms with Crippen LogP contribution in [0.1, 0.15) is 19.4 Å². The molecule has 0 unspecified atom stereocenters. The fraction of sp³-hybridized carbons (Fsp3) is 0.444. The molecule has 1 aromatic heterocycles. The van der Waals surface area contributed by atoms with Crippen LogP contribution in [0, 0.1) is 0 Å². The predicted molar refractivity (Wildman–Crippen MR) is 55.7 cm³/mol. The van der Waals surface area contributed by atoms with Gasteiger partial charge in [0.15, 0.2) is 0 Å². The van der Waals surface area contributed by atoms with E-state index in [9.17, 15) is 5.11 Å². The molecular weight excluding hydrogens is 184 g/mol. The molecule has 0 saturated carbocycles. The van der Waals surface area contributed by atoms with Crippen molar-refractivity contribution in [2.75, 3.05) is 12.0 Å². The lowest BCUT2D eigenvalue weighted by Gasteiger charge is -2.18. The predicted octanol–water partition coefficient (Wildman–Crippen LogP) is 1.61. The Bertz CT molecular complexity index is 307. The van der Waals surface area contributed by atoms with Crippen LogP contribution >= 0.6 is 11.8 Å². The monoisotopic (exact) mass is 198 g/mol. The van der Waals surface area contributed by atoms with Crippen LogP contribution in [0.4, 0.5) is 5.82 Å². The highest BCUT2D eigenvalue weighted by atomic mass is 32.2. The molecule has 0 fully saturated rings. The van der Waals surface area contributed by atoms with E-state index in [1.54, 1.807) is 20.0 Å². The molecule has 0 atom stereocenters. The van der Waals surface area contributed by atoms with Crippen molar-refractivity contribution in [3.05, 3.63) is 17.8 Å². The van der Waals surface area contributed by atoms with Gasteiger partial charge < -0.3 is 10.8 Å². The van der Waals surface area contributed by atoms with Gasteiger partial charge >= 0.3 is 0 Å². The first kappa shape index (κ1) is 10.3. The summed E-state index contributed by atoms with van der Waals surface area (Å²) in [6, 6.07) is 1.87. The molecule has 4 heteroatoms. The Kier molecular flexibility index (Phi) is 2.83. The number of rotatable bonds is 2. The van der Waals surface area contributed by atoms with E-state index in [2.05, 4.69) is 4.98 Å². The number of nitrogens with zero attached hydrogens (tertiary/aromatic N) is 1. The molecule has 0 bridgehead atoms. The Hall–Kier alpha value is -0.740. The number of aliphatic hydroxyl groups is 1. The zero-order chi connectivity index (χ0) is 10.1. The fourth-order valence-electron chi connectivity index (χ4n) is 0.953. The average Bonchev–Trinajstić information content (AvgIpc) is 2.03. The van der Waals surface area contributed by atoms with Crippen LogP contribution in [0.15, 0.2) is 17.2 Å². The van der Waals surface area contributed by atoms with Crippen molar-refractivity contribution in [3.8, 4) is 0 Å². The van der Waals surface area contributed by atoms with Gasteiger partial charge in [0.2, 0.25) is 0 Å². The number of nitrogens with two attached hydrogens (primary N) is 1. The Morgan fingerprint density at radius 3 is 2.62 bits per heavy atom. The van der Waals surface area contributed by atoms with E-state index < -0.39 is 5.60 Å². The van der Waals surface area contributed by atoms with Crippen LogP contribution in [0.5, 0.6) is 0 Å². The molecule has 1 heterocycles. The van der Waals surface area contributed by atoms with Gasteiger partial charge in [-0.3, -0.25) is 0 Å². The Labute approximate surface area is 82.4 Å². The summed E-state index contributed by atoms with van der Waals surface area (Å²) < 4.78 is 0. The number of aromatic nitrogens is 1. The van der Waals surface area contributed by atoms with Crippen LogP contribution in [0.3, 0.4) is 0 Å². The maximum atomic E-state index is 9.71. The number of hydrogen-bond acceptors (Lipinski definition) is 4. The maximum Gasteiger partial charge on any atom is 0.137 e. The average molecular weight is 198 g/mol. The third-order valence-corrected chi connectivity index (χ3v) is 2.57. The summed E-state index contributed by atoms with van der Waals surface area (Å²) in [6.07, 6.45) is 3.54. The lowest BCUT2D eigenvalue weighted by molar-refractivity contribution is 0.0780. The summed E-state index contributed by atoms with van der Waals surface area (Å²) in [7, 11) is 0. The minimum atomic E-state index is -0.856. The third kappa shape index (κ3) is 2.35. The van der Waals surface area contributed by atoms with Crippen molar-refractivity contribution in [1.82, 2.24) is 4.98 Å². The maximum absolute atomic E-state index is 9.71. The minimum Gasteiger partial charge on any atom is -0.386 e. The van der Waals surface area contributed by atoms with Gasteiger partial charge in [-0.05, 0) is 26.2 Å². The lowest BCUT2D eigenvalue weighted by Crippen LogP contribution is -2.16. The molecule has 0 saturated heterocycles. The molecule has 1 rings (SSSR count). The largest absolute Gasteiger partial charge is 0.386 e. The molecule has 0 radical (unpaired) electrons. The zero-order valence-electron chi connectivity index (χ0n) is 8.03. The Morgan fingerprint density at radius 1 is 1.54 bits per heavy atom. The summed E-state index contributed by atoms with van der Waals surface area (Å²) in [5.41, 5.74) is 5.56. The lowest BCUT2D eigenvalue weighted by atomic mass is 10.0. The summed E-state index contributed by atoms with van der Waals surface area (Å²) in [6.45, 7) is 3.45. The number of anilines is 1. The molecule has 0 aliphatic carbocycles. The quantitative estimate of drug-likeness (QED) is 0.709. The highest BCUT2D eigenvalue weighted by molar-refractivity contribution is 7.98. The van der Waals surface area contributed by atoms with E-state index >= 15 is 0 Å². The Morgan fingerprint density at radius 2 is 2.15 bits per heavy atom. The van der Waals surface area contributed by atoms with E-state index in [1.165, 1.54) is 11.8 Å². The first-order valence-corrected chi connectivity index (χ1v) is 5.20. The number of hydrogen-bond donors (Lipinski definition) is 2. The highest BCUT2D eigenvalue weighted by Gasteiger charge is 2.17. The van der Waals surface area contributed by atoms with Gasteiger partial charge in [0.05, 0.1) is 5.60 Å². The summed E-state index contributed by atoms with van der Waals surface area (Å²) in [5, 5.41) is 9.71. The van der Waals surface area contributed by atoms with Crippen molar-refractivity contribution >= 4 is 17.6 Å². The molecule has 3 nitrogen and oxygen atoms in total. The van der Waals surface area contributed by atoms with Gasteiger partial charge in [-0.25, -0.2) is 4.98 Å². The second-order valence-corrected chi connectivity index (χ2v) is 4.22. The topological polar surface area (TPSA) is 59.1 Å². The van der Waals surface area contributed by atoms with Crippen molar-refractivity contribution in [3.63, 3.8) is 0 Å². The highest BCUT2D eigenvalue weighted by Crippen LogP contribution is 2.26. The summed E-state index contributed by atoms with van der Waals surface area (Å²) in [5.74, 6) is 0.514. The standard InChI is InChI=1S/C9H14N2OS/c1-9(2,12)6-4-7(13-3)8(10)11-5-6/h4-5,12H,1-3H3,(H2,10,11). The van der Waals surface area contributed by atoms with Gasteiger partial charge in [0, 0.05) is 16.7 Å². The van der Waals surface area contributed by atoms with E-state index in [0.717, 1.165) is 10.5 Å². The molecule has 72 valence electrons.